The smallest absolute Gasteiger partial charge is 0.325 e. The minimum absolute atomic E-state index is 0.0122. The van der Waals surface area contributed by atoms with Gasteiger partial charge in [-0.15, -0.1) is 0 Å². The molecule has 0 unspecified atom stereocenters. The van der Waals surface area contributed by atoms with Gasteiger partial charge >= 0.3 is 6.18 Å². The zero-order valence-electron chi connectivity index (χ0n) is 20.9. The van der Waals surface area contributed by atoms with Gasteiger partial charge in [-0.3, -0.25) is 9.59 Å². The second-order valence-electron chi connectivity index (χ2n) is 11.7. The first-order valence-corrected chi connectivity index (χ1v) is 13.2. The number of rotatable bonds is 3. The van der Waals surface area contributed by atoms with E-state index in [9.17, 15) is 22.8 Å². The van der Waals surface area contributed by atoms with Crippen molar-refractivity contribution in [2.75, 3.05) is 12.4 Å². The molecule has 2 saturated carbocycles. The van der Waals surface area contributed by atoms with E-state index in [0.29, 0.717) is 30.6 Å². The van der Waals surface area contributed by atoms with Crippen LogP contribution < -0.4 is 5.32 Å². The molecular formula is C27H33ClF3N3O2. The van der Waals surface area contributed by atoms with Gasteiger partial charge in [0.1, 0.15) is 5.69 Å². The molecule has 3 aliphatic carbocycles. The predicted molar refractivity (Wildman–Crippen MR) is 131 cm³/mol. The lowest BCUT2D eigenvalue weighted by Gasteiger charge is -2.59. The van der Waals surface area contributed by atoms with Gasteiger partial charge in [-0.25, -0.2) is 4.98 Å². The average Bonchev–Trinajstić information content (AvgIpc) is 3.12. The van der Waals surface area contributed by atoms with Gasteiger partial charge in [0.2, 0.25) is 11.8 Å². The largest absolute Gasteiger partial charge is 0.433 e. The molecule has 0 radical (unpaired) electrons. The summed E-state index contributed by atoms with van der Waals surface area (Å²) in [6, 6.07) is 2.13. The molecule has 0 bridgehead atoms. The Bertz CT molecular complexity index is 1100. The van der Waals surface area contributed by atoms with Gasteiger partial charge in [0, 0.05) is 36.0 Å². The molecule has 2 amide bonds. The van der Waals surface area contributed by atoms with Gasteiger partial charge in [-0.2, -0.15) is 13.2 Å². The average molecular weight is 524 g/mol. The molecule has 0 spiro atoms. The van der Waals surface area contributed by atoms with Crippen molar-refractivity contribution in [1.29, 1.82) is 0 Å². The maximum atomic E-state index is 12.9. The molecule has 1 aromatic heterocycles. The summed E-state index contributed by atoms with van der Waals surface area (Å²) < 4.78 is 38.3. The summed E-state index contributed by atoms with van der Waals surface area (Å²) in [6.07, 6.45) is 3.13. The zero-order valence-corrected chi connectivity index (χ0v) is 21.7. The molecule has 196 valence electrons. The Hall–Kier alpha value is -2.09. The quantitative estimate of drug-likeness (QED) is 0.485. The summed E-state index contributed by atoms with van der Waals surface area (Å²) in [4.78, 5) is 30.5. The second kappa shape index (κ2) is 8.74. The summed E-state index contributed by atoms with van der Waals surface area (Å²) in [5, 5.41) is 3.56. The molecule has 1 saturated heterocycles. The van der Waals surface area contributed by atoms with Crippen molar-refractivity contribution in [2.24, 2.45) is 34.5 Å². The highest BCUT2D eigenvalue weighted by Crippen LogP contribution is 2.67. The Kier molecular flexibility index (Phi) is 6.21. The molecule has 9 heteroatoms. The van der Waals surface area contributed by atoms with Crippen LogP contribution in [0.1, 0.15) is 70.9 Å². The number of fused-ring (bicyclic) bond motifs is 5. The fourth-order valence-corrected chi connectivity index (χ4v) is 8.72. The SMILES string of the molecule is CN1C(=O)CC[C@@]2(C)C1=C(Cl)C[C@H]1[C@@H]3CC[C@H](CC(=O)Nc4ccc(C(F)(F)F)nc4)[C@@]3(C)CC[C@@H]12. The van der Waals surface area contributed by atoms with Crippen LogP contribution in [0.4, 0.5) is 18.9 Å². The van der Waals surface area contributed by atoms with E-state index in [1.165, 1.54) is 6.07 Å². The van der Waals surface area contributed by atoms with E-state index in [4.69, 9.17) is 11.6 Å². The number of carbonyl (C=O) groups excluding carboxylic acids is 2. The molecular weight excluding hydrogens is 491 g/mol. The maximum absolute atomic E-state index is 12.9. The molecule has 0 aromatic carbocycles. The molecule has 1 aromatic rings. The molecule has 1 aliphatic heterocycles. The Balaban J connectivity index is 1.30. The molecule has 3 fully saturated rings. The van der Waals surface area contributed by atoms with Crippen molar-refractivity contribution >= 4 is 29.1 Å². The number of amides is 2. The number of allylic oxidation sites excluding steroid dienone is 2. The first-order valence-electron chi connectivity index (χ1n) is 12.8. The first kappa shape index (κ1) is 25.6. The predicted octanol–water partition coefficient (Wildman–Crippen LogP) is 6.60. The standard InChI is InChI=1S/C27H33ClF3N3O2/c1-25-10-8-19-17(13-20(28)24-26(19,2)11-9-23(36)34(24)3)18(25)6-4-15(25)12-22(35)33-16-5-7-21(32-14-16)27(29,30)31/h5,7,14-15,17-19H,4,6,8-13H2,1-3H3,(H,33,35)/t15-,17+,18+,19+,25-,26-/m1/s1. The number of hydrogen-bond donors (Lipinski definition) is 1. The number of pyridine rings is 1. The van der Waals surface area contributed by atoms with E-state index in [0.717, 1.165) is 61.5 Å². The van der Waals surface area contributed by atoms with E-state index in [1.54, 1.807) is 4.90 Å². The minimum Gasteiger partial charge on any atom is -0.325 e. The third kappa shape index (κ3) is 4.04. The van der Waals surface area contributed by atoms with Crippen molar-refractivity contribution in [3.05, 3.63) is 34.8 Å². The van der Waals surface area contributed by atoms with Crippen LogP contribution in [0.2, 0.25) is 0 Å². The van der Waals surface area contributed by atoms with E-state index >= 15 is 0 Å². The molecule has 5 rings (SSSR count). The first-order chi connectivity index (χ1) is 16.8. The molecule has 1 N–H and O–H groups in total. The normalized spacial score (nSPS) is 36.3. The van der Waals surface area contributed by atoms with Gasteiger partial charge in [0.25, 0.3) is 0 Å². The Morgan fingerprint density at radius 2 is 1.94 bits per heavy atom. The van der Waals surface area contributed by atoms with Gasteiger partial charge in [0.05, 0.1) is 11.9 Å². The fraction of sp³-hybridized carbons (Fsp3) is 0.667. The topological polar surface area (TPSA) is 62.3 Å². The third-order valence-electron chi connectivity index (χ3n) is 10.0. The van der Waals surface area contributed by atoms with Crippen molar-refractivity contribution in [1.82, 2.24) is 9.88 Å². The summed E-state index contributed by atoms with van der Waals surface area (Å²) >= 11 is 6.89. The number of likely N-dealkylation sites (tertiary alicyclic amines) is 1. The number of nitrogens with one attached hydrogen (secondary N) is 1. The summed E-state index contributed by atoms with van der Waals surface area (Å²) in [6.45, 7) is 4.59. The number of aromatic nitrogens is 1. The molecule has 5 nitrogen and oxygen atoms in total. The maximum Gasteiger partial charge on any atom is 0.433 e. The molecule has 36 heavy (non-hydrogen) atoms. The van der Waals surface area contributed by atoms with Crippen LogP contribution in [-0.4, -0.2) is 28.7 Å². The highest BCUT2D eigenvalue weighted by Gasteiger charge is 2.60. The zero-order chi connectivity index (χ0) is 26.0. The lowest BCUT2D eigenvalue weighted by Crippen LogP contribution is -2.54. The van der Waals surface area contributed by atoms with Crippen LogP contribution >= 0.6 is 11.6 Å². The third-order valence-corrected chi connectivity index (χ3v) is 10.3. The highest BCUT2D eigenvalue weighted by molar-refractivity contribution is 6.30. The number of piperidine rings is 1. The van der Waals surface area contributed by atoms with Crippen LogP contribution in [0.5, 0.6) is 0 Å². The molecule has 6 atom stereocenters. The van der Waals surface area contributed by atoms with Gasteiger partial charge in [-0.05, 0) is 79.7 Å². The summed E-state index contributed by atoms with van der Waals surface area (Å²) in [7, 11) is 1.85. The van der Waals surface area contributed by atoms with Gasteiger partial charge < -0.3 is 10.2 Å². The van der Waals surface area contributed by atoms with Crippen molar-refractivity contribution in [3.8, 4) is 0 Å². The fourth-order valence-electron chi connectivity index (χ4n) is 8.20. The van der Waals surface area contributed by atoms with Crippen LogP contribution in [0.15, 0.2) is 29.1 Å². The van der Waals surface area contributed by atoms with E-state index in [1.807, 2.05) is 7.05 Å². The number of carbonyl (C=O) groups is 2. The lowest BCUT2D eigenvalue weighted by atomic mass is 9.49. The van der Waals surface area contributed by atoms with Crippen LogP contribution in [0.25, 0.3) is 0 Å². The minimum atomic E-state index is -4.51. The second-order valence-corrected chi connectivity index (χ2v) is 12.2. The van der Waals surface area contributed by atoms with Crippen LogP contribution in [-0.2, 0) is 15.8 Å². The van der Waals surface area contributed by atoms with Crippen LogP contribution in [0, 0.1) is 34.5 Å². The van der Waals surface area contributed by atoms with Gasteiger partial charge in [0.15, 0.2) is 0 Å². The Labute approximate surface area is 214 Å². The van der Waals surface area contributed by atoms with E-state index in [-0.39, 0.29) is 34.2 Å². The Morgan fingerprint density at radius 3 is 2.61 bits per heavy atom. The highest BCUT2D eigenvalue weighted by atomic mass is 35.5. The van der Waals surface area contributed by atoms with Gasteiger partial charge in [-0.1, -0.05) is 25.4 Å². The summed E-state index contributed by atoms with van der Waals surface area (Å²) in [5.41, 5.74) is 0.225. The van der Waals surface area contributed by atoms with Crippen molar-refractivity contribution in [3.63, 3.8) is 0 Å². The number of alkyl halides is 3. The number of hydrogen-bond acceptors (Lipinski definition) is 3. The lowest BCUT2D eigenvalue weighted by molar-refractivity contribution is -0.141. The van der Waals surface area contributed by atoms with E-state index < -0.39 is 11.9 Å². The van der Waals surface area contributed by atoms with Crippen molar-refractivity contribution < 1.29 is 22.8 Å². The number of nitrogens with zero attached hydrogens (tertiary/aromatic N) is 2. The summed E-state index contributed by atoms with van der Waals surface area (Å²) in [5.74, 6) is 1.51. The van der Waals surface area contributed by atoms with Crippen LogP contribution in [0.3, 0.4) is 0 Å². The molecule has 4 aliphatic rings. The van der Waals surface area contributed by atoms with Crippen molar-refractivity contribution in [2.45, 2.75) is 71.4 Å². The van der Waals surface area contributed by atoms with E-state index in [2.05, 4.69) is 24.1 Å². The number of halogens is 4. The monoisotopic (exact) mass is 523 g/mol. The molecule has 2 heterocycles. The number of anilines is 1. The Morgan fingerprint density at radius 1 is 1.19 bits per heavy atom.